The van der Waals surface area contributed by atoms with Gasteiger partial charge in [0, 0.05) is 30.4 Å². The lowest BCUT2D eigenvalue weighted by Crippen LogP contribution is -2.27. The fourth-order valence-electron chi connectivity index (χ4n) is 2.32. The van der Waals surface area contributed by atoms with Gasteiger partial charge in [0.1, 0.15) is 0 Å². The Morgan fingerprint density at radius 2 is 2.19 bits per heavy atom. The van der Waals surface area contributed by atoms with E-state index < -0.39 is 0 Å². The number of thioether (sulfide) groups is 1. The molecule has 1 saturated heterocycles. The van der Waals surface area contributed by atoms with Crippen LogP contribution in [0.2, 0.25) is 0 Å². The van der Waals surface area contributed by atoms with Crippen LogP contribution in [0.3, 0.4) is 0 Å². The molecule has 0 aliphatic carbocycles. The van der Waals surface area contributed by atoms with Gasteiger partial charge in [0.25, 0.3) is 5.91 Å². The number of amides is 1. The molecule has 4 nitrogen and oxygen atoms in total. The maximum absolute atomic E-state index is 12.2. The van der Waals surface area contributed by atoms with E-state index in [1.54, 1.807) is 29.3 Å². The van der Waals surface area contributed by atoms with Gasteiger partial charge in [-0.2, -0.15) is 0 Å². The van der Waals surface area contributed by atoms with Gasteiger partial charge in [0.2, 0.25) is 0 Å². The van der Waals surface area contributed by atoms with Crippen molar-refractivity contribution in [3.8, 4) is 0 Å². The highest BCUT2D eigenvalue weighted by molar-refractivity contribution is 7.98. The third-order valence-electron chi connectivity index (χ3n) is 3.41. The summed E-state index contributed by atoms with van der Waals surface area (Å²) in [5.74, 6) is 0.920. The van der Waals surface area contributed by atoms with Crippen molar-refractivity contribution in [2.75, 3.05) is 13.1 Å². The van der Waals surface area contributed by atoms with Crippen molar-refractivity contribution in [3.05, 3.63) is 40.0 Å². The summed E-state index contributed by atoms with van der Waals surface area (Å²) >= 11 is 3.31. The summed E-state index contributed by atoms with van der Waals surface area (Å²) in [5.41, 5.74) is 1.77. The van der Waals surface area contributed by atoms with E-state index in [4.69, 9.17) is 0 Å². The van der Waals surface area contributed by atoms with Gasteiger partial charge in [-0.15, -0.1) is 23.1 Å². The average molecular weight is 319 g/mol. The lowest BCUT2D eigenvalue weighted by Gasteiger charge is -2.14. The molecule has 0 spiro atoms. The minimum absolute atomic E-state index is 0.103. The van der Waals surface area contributed by atoms with Crippen LogP contribution in [0.4, 0.5) is 0 Å². The molecule has 6 heteroatoms. The molecule has 21 heavy (non-hydrogen) atoms. The number of hydrogen-bond acceptors (Lipinski definition) is 5. The molecule has 0 saturated carbocycles. The molecule has 3 rings (SSSR count). The van der Waals surface area contributed by atoms with Crippen LogP contribution in [-0.4, -0.2) is 33.9 Å². The lowest BCUT2D eigenvalue weighted by atomic mass is 10.2. The number of pyridine rings is 1. The highest BCUT2D eigenvalue weighted by Crippen LogP contribution is 2.22. The Morgan fingerprint density at radius 1 is 1.38 bits per heavy atom. The minimum Gasteiger partial charge on any atom is -0.339 e. The third-order valence-corrected chi connectivity index (χ3v) is 5.21. The van der Waals surface area contributed by atoms with E-state index in [0.717, 1.165) is 47.4 Å². The monoisotopic (exact) mass is 319 g/mol. The lowest BCUT2D eigenvalue weighted by molar-refractivity contribution is 0.0792. The molecule has 1 amide bonds. The van der Waals surface area contributed by atoms with Crippen molar-refractivity contribution in [3.63, 3.8) is 0 Å². The number of carbonyl (C=O) groups is 1. The van der Waals surface area contributed by atoms with Gasteiger partial charge >= 0.3 is 0 Å². The second kappa shape index (κ2) is 6.58. The third kappa shape index (κ3) is 3.63. The van der Waals surface area contributed by atoms with Gasteiger partial charge in [-0.05, 0) is 31.9 Å². The normalized spacial score (nSPS) is 14.6. The van der Waals surface area contributed by atoms with E-state index in [0.29, 0.717) is 5.56 Å². The van der Waals surface area contributed by atoms with Crippen LogP contribution in [0.25, 0.3) is 0 Å². The number of aryl methyl sites for hydroxylation is 1. The predicted molar refractivity (Wildman–Crippen MR) is 85.8 cm³/mol. The van der Waals surface area contributed by atoms with Gasteiger partial charge in [-0.1, -0.05) is 0 Å². The Morgan fingerprint density at radius 3 is 2.81 bits per heavy atom. The van der Waals surface area contributed by atoms with Gasteiger partial charge in [0.05, 0.1) is 21.3 Å². The number of thiazole rings is 1. The SMILES string of the molecule is Cc1nc(CSc2ccc(C(=O)N3CCCC3)cn2)cs1. The Kier molecular flexibility index (Phi) is 4.55. The molecule has 0 unspecified atom stereocenters. The number of likely N-dealkylation sites (tertiary alicyclic amines) is 1. The molecule has 1 aliphatic rings. The highest BCUT2D eigenvalue weighted by atomic mass is 32.2. The first-order chi connectivity index (χ1) is 10.2. The van der Waals surface area contributed by atoms with E-state index in [9.17, 15) is 4.79 Å². The predicted octanol–water partition coefficient (Wildman–Crippen LogP) is 3.37. The van der Waals surface area contributed by atoms with Crippen molar-refractivity contribution in [2.24, 2.45) is 0 Å². The first kappa shape index (κ1) is 14.5. The van der Waals surface area contributed by atoms with Gasteiger partial charge < -0.3 is 4.90 Å². The Labute approximate surface area is 132 Å². The van der Waals surface area contributed by atoms with E-state index >= 15 is 0 Å². The fraction of sp³-hybridized carbons (Fsp3) is 0.400. The minimum atomic E-state index is 0.103. The molecule has 1 aliphatic heterocycles. The molecule has 0 atom stereocenters. The zero-order valence-electron chi connectivity index (χ0n) is 11.9. The van der Waals surface area contributed by atoms with Crippen molar-refractivity contribution < 1.29 is 4.79 Å². The smallest absolute Gasteiger partial charge is 0.255 e. The molecule has 0 N–H and O–H groups in total. The number of carbonyl (C=O) groups excluding carboxylic acids is 1. The van der Waals surface area contributed by atoms with Crippen molar-refractivity contribution in [1.82, 2.24) is 14.9 Å². The number of rotatable bonds is 4. The number of nitrogens with zero attached hydrogens (tertiary/aromatic N) is 3. The first-order valence-corrected chi connectivity index (χ1v) is 8.88. The largest absolute Gasteiger partial charge is 0.339 e. The van der Waals surface area contributed by atoms with Crippen molar-refractivity contribution in [1.29, 1.82) is 0 Å². The molecule has 0 aromatic carbocycles. The second-order valence-corrected chi connectivity index (χ2v) is 7.09. The van der Waals surface area contributed by atoms with Gasteiger partial charge in [-0.3, -0.25) is 4.79 Å². The van der Waals surface area contributed by atoms with E-state index in [1.165, 1.54) is 0 Å². The summed E-state index contributed by atoms with van der Waals surface area (Å²) < 4.78 is 0. The zero-order valence-corrected chi connectivity index (χ0v) is 13.5. The Hall–Kier alpha value is -1.40. The maximum Gasteiger partial charge on any atom is 0.255 e. The second-order valence-electron chi connectivity index (χ2n) is 5.03. The summed E-state index contributed by atoms with van der Waals surface area (Å²) in [6.45, 7) is 3.76. The standard InChI is InChI=1S/C15H17N3OS2/c1-11-17-13(9-20-11)10-21-14-5-4-12(8-16-14)15(19)18-6-2-3-7-18/h4-5,8-9H,2-3,6-7,10H2,1H3. The highest BCUT2D eigenvalue weighted by Gasteiger charge is 2.19. The van der Waals surface area contributed by atoms with Crippen LogP contribution in [0, 0.1) is 6.92 Å². The van der Waals surface area contributed by atoms with Crippen LogP contribution in [0.1, 0.15) is 33.9 Å². The van der Waals surface area contributed by atoms with E-state index in [-0.39, 0.29) is 5.91 Å². The molecule has 1 fully saturated rings. The first-order valence-electron chi connectivity index (χ1n) is 7.01. The van der Waals surface area contributed by atoms with Crippen LogP contribution in [0.15, 0.2) is 28.7 Å². The van der Waals surface area contributed by atoms with Crippen LogP contribution < -0.4 is 0 Å². The van der Waals surface area contributed by atoms with Crippen LogP contribution in [0.5, 0.6) is 0 Å². The van der Waals surface area contributed by atoms with E-state index in [2.05, 4.69) is 15.3 Å². The Bertz CT molecular complexity index is 618. The van der Waals surface area contributed by atoms with Gasteiger partial charge in [-0.25, -0.2) is 9.97 Å². The molecule has 0 radical (unpaired) electrons. The summed E-state index contributed by atoms with van der Waals surface area (Å²) in [6.07, 6.45) is 3.91. The van der Waals surface area contributed by atoms with Crippen molar-refractivity contribution >= 4 is 29.0 Å². The fourth-order valence-corrected chi connectivity index (χ4v) is 3.77. The topological polar surface area (TPSA) is 46.1 Å². The summed E-state index contributed by atoms with van der Waals surface area (Å²) in [4.78, 5) is 22.9. The van der Waals surface area contributed by atoms with Crippen LogP contribution >= 0.6 is 23.1 Å². The Balaban J connectivity index is 1.59. The van der Waals surface area contributed by atoms with Crippen LogP contribution in [-0.2, 0) is 5.75 Å². The molecule has 3 heterocycles. The van der Waals surface area contributed by atoms with Gasteiger partial charge in [0.15, 0.2) is 0 Å². The summed E-state index contributed by atoms with van der Waals surface area (Å²) in [7, 11) is 0. The number of aromatic nitrogens is 2. The van der Waals surface area contributed by atoms with Crippen molar-refractivity contribution in [2.45, 2.75) is 30.5 Å². The molecule has 2 aromatic heterocycles. The van der Waals surface area contributed by atoms with E-state index in [1.807, 2.05) is 24.0 Å². The number of hydrogen-bond donors (Lipinski definition) is 0. The summed E-state index contributed by atoms with van der Waals surface area (Å²) in [5, 5.41) is 4.09. The average Bonchev–Trinajstić information content (AvgIpc) is 3.16. The summed E-state index contributed by atoms with van der Waals surface area (Å²) in [6, 6.07) is 3.80. The zero-order chi connectivity index (χ0) is 14.7. The molecule has 2 aromatic rings. The molecular weight excluding hydrogens is 302 g/mol. The molecule has 0 bridgehead atoms. The quantitative estimate of drug-likeness (QED) is 0.811. The maximum atomic E-state index is 12.2. The molecule has 110 valence electrons. The molecular formula is C15H17N3OS2.